The number of rotatable bonds is 5. The lowest BCUT2D eigenvalue weighted by Gasteiger charge is -2.22. The summed E-state index contributed by atoms with van der Waals surface area (Å²) < 4.78 is 0. The smallest absolute Gasteiger partial charge is 0.106 e. The maximum Gasteiger partial charge on any atom is 0.106 e. The fraction of sp³-hybridized carbons (Fsp3) is 0.533. The second-order valence-corrected chi connectivity index (χ2v) is 6.15. The van der Waals surface area contributed by atoms with Crippen molar-refractivity contribution in [3.63, 3.8) is 0 Å². The summed E-state index contributed by atoms with van der Waals surface area (Å²) in [5, 5.41) is 4.14. The first-order valence-corrected chi connectivity index (χ1v) is 7.78. The number of anilines is 1. The molecule has 0 radical (unpaired) electrons. The van der Waals surface area contributed by atoms with Crippen molar-refractivity contribution in [2.75, 3.05) is 11.9 Å². The predicted molar refractivity (Wildman–Crippen MR) is 87.0 cm³/mol. The lowest BCUT2D eigenvalue weighted by molar-refractivity contribution is 0.345. The second kappa shape index (κ2) is 7.11. The zero-order valence-corrected chi connectivity index (χ0v) is 12.7. The van der Waals surface area contributed by atoms with Gasteiger partial charge in [0.2, 0.25) is 0 Å². The molecule has 1 aliphatic rings. The topological polar surface area (TPSA) is 38.0 Å². The van der Waals surface area contributed by atoms with Gasteiger partial charge in [-0.25, -0.2) is 0 Å². The standard InChI is InChI=1S/C15H21ClN2S/c16-12-6-7-13(15(17)19)14(10-12)18-9-8-11-4-2-1-3-5-11/h6-7,10-11,18H,1-5,8-9H2,(H2,17,19). The van der Waals surface area contributed by atoms with E-state index in [0.29, 0.717) is 10.0 Å². The van der Waals surface area contributed by atoms with Crippen LogP contribution >= 0.6 is 23.8 Å². The molecule has 2 nitrogen and oxygen atoms in total. The quantitative estimate of drug-likeness (QED) is 0.793. The summed E-state index contributed by atoms with van der Waals surface area (Å²) in [6.07, 6.45) is 8.14. The normalized spacial score (nSPS) is 16.3. The maximum atomic E-state index is 6.03. The van der Waals surface area contributed by atoms with Crippen LogP contribution < -0.4 is 11.1 Å². The Hall–Kier alpha value is -0.800. The summed E-state index contributed by atoms with van der Waals surface area (Å²) in [5.41, 5.74) is 7.56. The fourth-order valence-electron chi connectivity index (χ4n) is 2.76. The summed E-state index contributed by atoms with van der Waals surface area (Å²) >= 11 is 11.1. The molecule has 1 saturated carbocycles. The van der Waals surface area contributed by atoms with Crippen molar-refractivity contribution >= 4 is 34.5 Å². The summed E-state index contributed by atoms with van der Waals surface area (Å²) in [7, 11) is 0. The first-order valence-electron chi connectivity index (χ1n) is 7.00. The molecule has 104 valence electrons. The molecule has 0 amide bonds. The Morgan fingerprint density at radius 2 is 2.05 bits per heavy atom. The molecule has 0 aromatic heterocycles. The van der Waals surface area contributed by atoms with E-state index in [9.17, 15) is 0 Å². The minimum absolute atomic E-state index is 0.414. The molecule has 1 aliphatic carbocycles. The van der Waals surface area contributed by atoms with Crippen molar-refractivity contribution < 1.29 is 0 Å². The van der Waals surface area contributed by atoms with E-state index in [4.69, 9.17) is 29.6 Å². The highest BCUT2D eigenvalue weighted by atomic mass is 35.5. The van der Waals surface area contributed by atoms with Crippen molar-refractivity contribution in [1.29, 1.82) is 0 Å². The molecule has 0 atom stereocenters. The Bertz CT molecular complexity index is 442. The van der Waals surface area contributed by atoms with Gasteiger partial charge < -0.3 is 11.1 Å². The van der Waals surface area contributed by atoms with E-state index in [1.165, 1.54) is 38.5 Å². The molecule has 0 spiro atoms. The third kappa shape index (κ3) is 4.36. The SMILES string of the molecule is NC(=S)c1ccc(Cl)cc1NCCC1CCCCC1. The van der Waals surface area contributed by atoms with Crippen LogP contribution in [0.15, 0.2) is 18.2 Å². The van der Waals surface area contributed by atoms with Crippen molar-refractivity contribution in [2.24, 2.45) is 11.7 Å². The number of thiocarbonyl (C=S) groups is 1. The predicted octanol–water partition coefficient (Wildman–Crippen LogP) is 4.36. The van der Waals surface area contributed by atoms with Crippen LogP contribution in [0.1, 0.15) is 44.1 Å². The number of nitrogens with two attached hydrogens (primary N) is 1. The Balaban J connectivity index is 1.91. The van der Waals surface area contributed by atoms with Gasteiger partial charge in [-0.05, 0) is 30.5 Å². The molecule has 2 rings (SSSR count). The molecule has 0 unspecified atom stereocenters. The first kappa shape index (κ1) is 14.6. The fourth-order valence-corrected chi connectivity index (χ4v) is 3.11. The van der Waals surface area contributed by atoms with E-state index in [2.05, 4.69) is 5.32 Å². The summed E-state index contributed by atoms with van der Waals surface area (Å²) in [6, 6.07) is 5.60. The molecule has 1 aromatic rings. The van der Waals surface area contributed by atoms with Gasteiger partial charge >= 0.3 is 0 Å². The van der Waals surface area contributed by atoms with E-state index in [-0.39, 0.29) is 0 Å². The van der Waals surface area contributed by atoms with Gasteiger partial charge in [-0.15, -0.1) is 0 Å². The zero-order chi connectivity index (χ0) is 13.7. The van der Waals surface area contributed by atoms with Crippen molar-refractivity contribution in [1.82, 2.24) is 0 Å². The van der Waals surface area contributed by atoms with Gasteiger partial charge in [0, 0.05) is 22.8 Å². The van der Waals surface area contributed by atoms with Crippen LogP contribution in [0.25, 0.3) is 0 Å². The Morgan fingerprint density at radius 3 is 2.74 bits per heavy atom. The van der Waals surface area contributed by atoms with E-state index < -0.39 is 0 Å². The van der Waals surface area contributed by atoms with Gasteiger partial charge in [0.05, 0.1) is 0 Å². The maximum absolute atomic E-state index is 6.03. The van der Waals surface area contributed by atoms with Crippen LogP contribution in [0.5, 0.6) is 0 Å². The molecule has 0 aliphatic heterocycles. The molecular formula is C15H21ClN2S. The molecule has 0 saturated heterocycles. The Morgan fingerprint density at radius 1 is 1.32 bits per heavy atom. The molecule has 0 heterocycles. The minimum Gasteiger partial charge on any atom is -0.389 e. The molecular weight excluding hydrogens is 276 g/mol. The lowest BCUT2D eigenvalue weighted by Crippen LogP contribution is -2.16. The first-order chi connectivity index (χ1) is 9.16. The van der Waals surface area contributed by atoms with Crippen LogP contribution in [0, 0.1) is 5.92 Å². The average molecular weight is 297 g/mol. The summed E-state index contributed by atoms with van der Waals surface area (Å²) in [5.74, 6) is 0.869. The third-order valence-electron chi connectivity index (χ3n) is 3.84. The number of nitrogens with one attached hydrogen (secondary N) is 1. The highest BCUT2D eigenvalue weighted by Gasteiger charge is 2.13. The molecule has 1 aromatic carbocycles. The molecule has 19 heavy (non-hydrogen) atoms. The number of hydrogen-bond acceptors (Lipinski definition) is 2. The molecule has 0 bridgehead atoms. The van der Waals surface area contributed by atoms with Gasteiger partial charge in [-0.2, -0.15) is 0 Å². The molecule has 1 fully saturated rings. The number of hydrogen-bond donors (Lipinski definition) is 2. The van der Waals surface area contributed by atoms with E-state index >= 15 is 0 Å². The van der Waals surface area contributed by atoms with Gasteiger partial charge in [-0.1, -0.05) is 55.9 Å². The Kier molecular flexibility index (Phi) is 5.46. The number of benzene rings is 1. The summed E-state index contributed by atoms with van der Waals surface area (Å²) in [6.45, 7) is 0.959. The third-order valence-corrected chi connectivity index (χ3v) is 4.29. The highest BCUT2D eigenvalue weighted by Crippen LogP contribution is 2.27. The van der Waals surface area contributed by atoms with E-state index in [1.807, 2.05) is 18.2 Å². The second-order valence-electron chi connectivity index (χ2n) is 5.27. The highest BCUT2D eigenvalue weighted by molar-refractivity contribution is 7.80. The summed E-state index contributed by atoms with van der Waals surface area (Å²) in [4.78, 5) is 0.414. The molecule has 3 N–H and O–H groups in total. The lowest BCUT2D eigenvalue weighted by atomic mass is 9.87. The van der Waals surface area contributed by atoms with Crippen molar-refractivity contribution in [3.05, 3.63) is 28.8 Å². The molecule has 4 heteroatoms. The largest absolute Gasteiger partial charge is 0.389 e. The van der Waals surface area contributed by atoms with Crippen LogP contribution in [0.2, 0.25) is 5.02 Å². The van der Waals surface area contributed by atoms with Crippen LogP contribution in [-0.4, -0.2) is 11.5 Å². The minimum atomic E-state index is 0.414. The van der Waals surface area contributed by atoms with Gasteiger partial charge in [0.25, 0.3) is 0 Å². The van der Waals surface area contributed by atoms with Gasteiger partial charge in [0.15, 0.2) is 0 Å². The van der Waals surface area contributed by atoms with Crippen LogP contribution in [-0.2, 0) is 0 Å². The van der Waals surface area contributed by atoms with Crippen molar-refractivity contribution in [2.45, 2.75) is 38.5 Å². The monoisotopic (exact) mass is 296 g/mol. The zero-order valence-electron chi connectivity index (χ0n) is 11.1. The number of halogens is 1. The van der Waals surface area contributed by atoms with Crippen molar-refractivity contribution in [3.8, 4) is 0 Å². The van der Waals surface area contributed by atoms with E-state index in [0.717, 1.165) is 23.7 Å². The van der Waals surface area contributed by atoms with Gasteiger partial charge in [-0.3, -0.25) is 0 Å². The van der Waals surface area contributed by atoms with Crippen LogP contribution in [0.3, 0.4) is 0 Å². The van der Waals surface area contributed by atoms with E-state index in [1.54, 1.807) is 0 Å². The average Bonchev–Trinajstić information content (AvgIpc) is 2.39. The Labute approximate surface area is 125 Å². The van der Waals surface area contributed by atoms with Gasteiger partial charge in [0.1, 0.15) is 4.99 Å². The van der Waals surface area contributed by atoms with Crippen LogP contribution in [0.4, 0.5) is 5.69 Å².